The van der Waals surface area contributed by atoms with Crippen LogP contribution in [0.2, 0.25) is 0 Å². The van der Waals surface area contributed by atoms with E-state index >= 15 is 0 Å². The van der Waals surface area contributed by atoms with Crippen molar-refractivity contribution in [3.05, 3.63) is 105 Å². The van der Waals surface area contributed by atoms with Crippen LogP contribution in [0.1, 0.15) is 29.3 Å². The first-order valence-electron chi connectivity index (χ1n) is 11.0. The summed E-state index contributed by atoms with van der Waals surface area (Å²) in [5.74, 6) is -2.15. The number of halogens is 1. The number of hydrogen-bond acceptors (Lipinski definition) is 6. The van der Waals surface area contributed by atoms with E-state index in [-0.39, 0.29) is 35.9 Å². The number of fused-ring (bicyclic) bond motifs is 4. The Kier molecular flexibility index (Phi) is 5.20. The van der Waals surface area contributed by atoms with Gasteiger partial charge in [0.2, 0.25) is 11.8 Å². The number of para-hydroxylation sites is 1. The number of nitrogens with zero attached hydrogens (tertiary/aromatic N) is 1. The number of ether oxygens (including phenoxy) is 2. The standard InChI is InChI=1S/C26H22FN3O5/c1-3-34-24(32)21-22(28)35-19-11-14(2)29-23(31)20(19)26(21)17-9-4-5-10-18(17)30(25(26)33)13-15-7-6-8-16(27)12-15/h4-12H,3,13,28H2,1-2H3,(H,29,31). The van der Waals surface area contributed by atoms with Gasteiger partial charge in [-0.25, -0.2) is 9.18 Å². The topological polar surface area (TPSA) is 115 Å². The lowest BCUT2D eigenvalue weighted by molar-refractivity contribution is -0.140. The fraction of sp³-hybridized carbons (Fsp3) is 0.192. The van der Waals surface area contributed by atoms with E-state index in [1.54, 1.807) is 56.3 Å². The van der Waals surface area contributed by atoms with Gasteiger partial charge in [-0.15, -0.1) is 0 Å². The molecule has 2 aromatic carbocycles. The number of rotatable bonds is 4. The highest BCUT2D eigenvalue weighted by Gasteiger charge is 2.62. The molecule has 3 aromatic rings. The Morgan fingerprint density at radius 1 is 1.17 bits per heavy atom. The fourth-order valence-electron chi connectivity index (χ4n) is 4.94. The summed E-state index contributed by atoms with van der Waals surface area (Å²) in [7, 11) is 0. The summed E-state index contributed by atoms with van der Waals surface area (Å²) in [4.78, 5) is 45.2. The summed E-state index contributed by atoms with van der Waals surface area (Å²) >= 11 is 0. The number of hydrogen-bond donors (Lipinski definition) is 2. The number of nitrogens with one attached hydrogen (secondary N) is 1. The molecular formula is C26H22FN3O5. The van der Waals surface area contributed by atoms with Crippen molar-refractivity contribution < 1.29 is 23.5 Å². The number of carbonyl (C=O) groups is 2. The van der Waals surface area contributed by atoms with Crippen molar-refractivity contribution in [2.75, 3.05) is 11.5 Å². The number of aromatic amines is 1. The molecule has 0 saturated heterocycles. The highest BCUT2D eigenvalue weighted by Crippen LogP contribution is 2.54. The van der Waals surface area contributed by atoms with Gasteiger partial charge in [-0.2, -0.15) is 0 Å². The van der Waals surface area contributed by atoms with Gasteiger partial charge in [0.05, 0.1) is 18.7 Å². The third-order valence-corrected chi connectivity index (χ3v) is 6.22. The third kappa shape index (κ3) is 3.23. The Morgan fingerprint density at radius 2 is 1.94 bits per heavy atom. The predicted octanol–water partition coefficient (Wildman–Crippen LogP) is 2.78. The van der Waals surface area contributed by atoms with Crippen molar-refractivity contribution in [3.63, 3.8) is 0 Å². The molecular weight excluding hydrogens is 453 g/mol. The van der Waals surface area contributed by atoms with E-state index in [9.17, 15) is 18.8 Å². The molecule has 3 N–H and O–H groups in total. The average molecular weight is 475 g/mol. The zero-order valence-electron chi connectivity index (χ0n) is 19.1. The number of anilines is 1. The van der Waals surface area contributed by atoms with Crippen LogP contribution in [0.3, 0.4) is 0 Å². The normalized spacial score (nSPS) is 18.4. The lowest BCUT2D eigenvalue weighted by Crippen LogP contribution is -2.51. The number of aromatic nitrogens is 1. The van der Waals surface area contributed by atoms with Crippen LogP contribution in [0.5, 0.6) is 5.75 Å². The number of benzene rings is 2. The summed E-state index contributed by atoms with van der Waals surface area (Å²) in [6.45, 7) is 3.31. The zero-order valence-corrected chi connectivity index (χ0v) is 19.1. The lowest BCUT2D eigenvalue weighted by atomic mass is 9.68. The summed E-state index contributed by atoms with van der Waals surface area (Å²) in [5.41, 5.74) is 5.29. The maximum Gasteiger partial charge on any atom is 0.341 e. The molecule has 0 radical (unpaired) electrons. The van der Waals surface area contributed by atoms with Crippen LogP contribution in [-0.4, -0.2) is 23.5 Å². The number of pyridine rings is 1. The summed E-state index contributed by atoms with van der Waals surface area (Å²) < 4.78 is 24.9. The zero-order chi connectivity index (χ0) is 24.9. The van der Waals surface area contributed by atoms with E-state index in [2.05, 4.69) is 4.98 Å². The quantitative estimate of drug-likeness (QED) is 0.561. The van der Waals surface area contributed by atoms with E-state index < -0.39 is 28.7 Å². The summed E-state index contributed by atoms with van der Waals surface area (Å²) in [6.07, 6.45) is 0. The molecule has 35 heavy (non-hydrogen) atoms. The molecule has 3 heterocycles. The van der Waals surface area contributed by atoms with Crippen LogP contribution >= 0.6 is 0 Å². The van der Waals surface area contributed by atoms with Crippen molar-refractivity contribution in [1.82, 2.24) is 4.98 Å². The van der Waals surface area contributed by atoms with Gasteiger partial charge in [0, 0.05) is 23.0 Å². The number of amides is 1. The van der Waals surface area contributed by atoms with E-state index in [1.165, 1.54) is 17.0 Å². The molecule has 0 fully saturated rings. The van der Waals surface area contributed by atoms with E-state index in [1.807, 2.05) is 0 Å². The maximum atomic E-state index is 14.4. The van der Waals surface area contributed by atoms with Crippen LogP contribution < -0.4 is 20.9 Å². The van der Waals surface area contributed by atoms with Crippen LogP contribution in [0, 0.1) is 12.7 Å². The average Bonchev–Trinajstić information content (AvgIpc) is 3.02. The highest BCUT2D eigenvalue weighted by atomic mass is 19.1. The second-order valence-electron chi connectivity index (χ2n) is 8.37. The SMILES string of the molecule is CCOC(=O)C1=C(N)Oc2cc(C)[nH]c(=O)c2C12C(=O)N(Cc1cccc(F)c1)c1ccccc12. The molecule has 0 bridgehead atoms. The number of nitrogens with two attached hydrogens (primary N) is 1. The van der Waals surface area contributed by atoms with Gasteiger partial charge in [-0.1, -0.05) is 30.3 Å². The molecule has 9 heteroatoms. The van der Waals surface area contributed by atoms with E-state index in [0.29, 0.717) is 22.5 Å². The minimum atomic E-state index is -1.91. The van der Waals surface area contributed by atoms with Crippen molar-refractivity contribution in [1.29, 1.82) is 0 Å². The molecule has 5 rings (SSSR count). The van der Waals surface area contributed by atoms with Crippen LogP contribution in [0.15, 0.2) is 70.8 Å². The van der Waals surface area contributed by atoms with Gasteiger partial charge in [0.15, 0.2) is 0 Å². The Bertz CT molecular complexity index is 1480. The number of carbonyl (C=O) groups excluding carboxylic acids is 2. The molecule has 8 nitrogen and oxygen atoms in total. The highest BCUT2D eigenvalue weighted by molar-refractivity contribution is 6.18. The van der Waals surface area contributed by atoms with Crippen molar-refractivity contribution in [2.45, 2.75) is 25.8 Å². The van der Waals surface area contributed by atoms with E-state index in [4.69, 9.17) is 15.2 Å². The fourth-order valence-corrected chi connectivity index (χ4v) is 4.94. The van der Waals surface area contributed by atoms with Crippen LogP contribution in [0.25, 0.3) is 0 Å². The first kappa shape index (κ1) is 22.4. The van der Waals surface area contributed by atoms with Crippen LogP contribution in [0.4, 0.5) is 10.1 Å². The van der Waals surface area contributed by atoms with Crippen LogP contribution in [-0.2, 0) is 26.3 Å². The Labute approximate surface area is 199 Å². The first-order valence-corrected chi connectivity index (χ1v) is 11.0. The van der Waals surface area contributed by atoms with Gasteiger partial charge < -0.3 is 25.1 Å². The smallest absolute Gasteiger partial charge is 0.341 e. The minimum absolute atomic E-state index is 0.00528. The molecule has 1 spiro atoms. The van der Waals surface area contributed by atoms with Crippen molar-refractivity contribution in [2.24, 2.45) is 5.73 Å². The molecule has 1 unspecified atom stereocenters. The maximum absolute atomic E-state index is 14.4. The molecule has 1 amide bonds. The summed E-state index contributed by atoms with van der Waals surface area (Å²) in [6, 6.07) is 14.2. The summed E-state index contributed by atoms with van der Waals surface area (Å²) in [5, 5.41) is 0. The van der Waals surface area contributed by atoms with Crippen molar-refractivity contribution >= 4 is 17.6 Å². The largest absolute Gasteiger partial charge is 0.462 e. The van der Waals surface area contributed by atoms with Gasteiger partial charge >= 0.3 is 5.97 Å². The van der Waals surface area contributed by atoms with Gasteiger partial charge in [-0.3, -0.25) is 9.59 Å². The Morgan fingerprint density at radius 3 is 2.69 bits per heavy atom. The monoisotopic (exact) mass is 475 g/mol. The number of H-pyrrole nitrogens is 1. The molecule has 0 saturated carbocycles. The second kappa shape index (κ2) is 8.12. The van der Waals surface area contributed by atoms with Gasteiger partial charge in [0.1, 0.15) is 22.6 Å². The first-order chi connectivity index (χ1) is 16.8. The molecule has 2 aliphatic heterocycles. The molecule has 1 atom stereocenters. The number of aryl methyl sites for hydroxylation is 1. The minimum Gasteiger partial charge on any atom is -0.462 e. The van der Waals surface area contributed by atoms with Gasteiger partial charge in [-0.05, 0) is 37.6 Å². The lowest BCUT2D eigenvalue weighted by Gasteiger charge is -2.35. The van der Waals surface area contributed by atoms with E-state index in [0.717, 1.165) is 0 Å². The third-order valence-electron chi connectivity index (χ3n) is 6.22. The van der Waals surface area contributed by atoms with Gasteiger partial charge in [0.25, 0.3) is 5.56 Å². The number of esters is 1. The Balaban J connectivity index is 1.83. The predicted molar refractivity (Wildman–Crippen MR) is 125 cm³/mol. The molecule has 0 aliphatic carbocycles. The Hall–Kier alpha value is -4.40. The molecule has 178 valence electrons. The molecule has 1 aromatic heterocycles. The second-order valence-corrected chi connectivity index (χ2v) is 8.37. The molecule has 2 aliphatic rings. The van der Waals surface area contributed by atoms with Crippen molar-refractivity contribution in [3.8, 4) is 5.75 Å².